The second-order valence-corrected chi connectivity index (χ2v) is 5.18. The maximum absolute atomic E-state index is 10.0. The van der Waals surface area contributed by atoms with Crippen molar-refractivity contribution in [3.8, 4) is 0 Å². The monoisotopic (exact) mass is 223 g/mol. The largest absolute Gasteiger partial charge is 0.397 e. The number of pyridine rings is 1. The summed E-state index contributed by atoms with van der Waals surface area (Å²) in [5, 5.41) is 13.2. The van der Waals surface area contributed by atoms with Crippen LogP contribution in [-0.2, 0) is 0 Å². The van der Waals surface area contributed by atoms with E-state index >= 15 is 0 Å². The Morgan fingerprint density at radius 1 is 1.25 bits per heavy atom. The topological polar surface area (TPSA) is 71.2 Å². The van der Waals surface area contributed by atoms with Gasteiger partial charge < -0.3 is 16.2 Å². The van der Waals surface area contributed by atoms with Crippen LogP contribution in [0.15, 0.2) is 12.1 Å². The van der Waals surface area contributed by atoms with Gasteiger partial charge in [-0.15, -0.1) is 0 Å². The lowest BCUT2D eigenvalue weighted by Crippen LogP contribution is -2.51. The number of rotatable bonds is 3. The summed E-state index contributed by atoms with van der Waals surface area (Å²) in [6.07, 6.45) is 0. The fourth-order valence-corrected chi connectivity index (χ4v) is 1.11. The molecule has 0 aromatic carbocycles. The Bertz CT molecular complexity index is 380. The van der Waals surface area contributed by atoms with Gasteiger partial charge in [0, 0.05) is 0 Å². The van der Waals surface area contributed by atoms with Crippen molar-refractivity contribution in [2.45, 2.75) is 45.8 Å². The molecule has 4 nitrogen and oxygen atoms in total. The maximum atomic E-state index is 10.0. The molecule has 1 heterocycles. The van der Waals surface area contributed by atoms with Crippen molar-refractivity contribution in [2.75, 3.05) is 11.1 Å². The molecule has 0 aliphatic carbocycles. The Balaban J connectivity index is 2.93. The van der Waals surface area contributed by atoms with E-state index in [4.69, 9.17) is 5.73 Å². The minimum absolute atomic E-state index is 0.470. The lowest BCUT2D eigenvalue weighted by molar-refractivity contribution is 0.0239. The number of nitrogen functional groups attached to an aromatic ring is 1. The summed E-state index contributed by atoms with van der Waals surface area (Å²) in [6.45, 7) is 9.26. The van der Waals surface area contributed by atoms with Crippen molar-refractivity contribution in [2.24, 2.45) is 0 Å². The van der Waals surface area contributed by atoms with Crippen LogP contribution in [0.25, 0.3) is 0 Å². The molecule has 0 fully saturated rings. The minimum atomic E-state index is -0.843. The summed E-state index contributed by atoms with van der Waals surface area (Å²) in [7, 11) is 0. The van der Waals surface area contributed by atoms with Crippen molar-refractivity contribution in [1.82, 2.24) is 4.98 Å². The molecule has 1 aromatic rings. The minimum Gasteiger partial charge on any atom is -0.397 e. The fraction of sp³-hybridized carbons (Fsp3) is 0.583. The Labute approximate surface area is 96.9 Å². The van der Waals surface area contributed by atoms with E-state index in [-0.39, 0.29) is 0 Å². The third-order valence-corrected chi connectivity index (χ3v) is 3.10. The van der Waals surface area contributed by atoms with Crippen LogP contribution in [0.3, 0.4) is 0 Å². The van der Waals surface area contributed by atoms with Gasteiger partial charge in [-0.1, -0.05) is 0 Å². The predicted octanol–water partition coefficient (Wildman–Crippen LogP) is 1.93. The van der Waals surface area contributed by atoms with Crippen molar-refractivity contribution < 1.29 is 5.11 Å². The highest BCUT2D eigenvalue weighted by Crippen LogP contribution is 2.25. The van der Waals surface area contributed by atoms with Crippen molar-refractivity contribution in [1.29, 1.82) is 0 Å². The molecule has 4 N–H and O–H groups in total. The van der Waals surface area contributed by atoms with E-state index in [1.165, 1.54) is 0 Å². The fourth-order valence-electron chi connectivity index (χ4n) is 1.11. The molecule has 0 bridgehead atoms. The van der Waals surface area contributed by atoms with Crippen LogP contribution in [-0.4, -0.2) is 21.2 Å². The molecule has 0 unspecified atom stereocenters. The van der Waals surface area contributed by atoms with Gasteiger partial charge in [0.05, 0.1) is 22.5 Å². The van der Waals surface area contributed by atoms with Gasteiger partial charge in [0.15, 0.2) is 0 Å². The predicted molar refractivity (Wildman–Crippen MR) is 67.4 cm³/mol. The lowest BCUT2D eigenvalue weighted by Gasteiger charge is -2.38. The molecule has 0 atom stereocenters. The maximum Gasteiger partial charge on any atom is 0.126 e. The summed E-state index contributed by atoms with van der Waals surface area (Å²) in [5.41, 5.74) is 5.85. The molecule has 0 spiro atoms. The smallest absolute Gasteiger partial charge is 0.126 e. The Kier molecular flexibility index (Phi) is 3.15. The van der Waals surface area contributed by atoms with E-state index < -0.39 is 11.1 Å². The molecule has 16 heavy (non-hydrogen) atoms. The van der Waals surface area contributed by atoms with Crippen molar-refractivity contribution in [3.63, 3.8) is 0 Å². The summed E-state index contributed by atoms with van der Waals surface area (Å²) >= 11 is 0. The number of aromatic nitrogens is 1. The zero-order chi connectivity index (χ0) is 12.6. The molecule has 0 aliphatic heterocycles. The van der Waals surface area contributed by atoms with E-state index in [9.17, 15) is 5.11 Å². The first kappa shape index (κ1) is 12.8. The molecule has 0 amide bonds. The highest BCUT2D eigenvalue weighted by molar-refractivity contribution is 5.50. The summed E-state index contributed by atoms with van der Waals surface area (Å²) < 4.78 is 0. The van der Waals surface area contributed by atoms with Crippen LogP contribution in [0, 0.1) is 6.92 Å². The zero-order valence-corrected chi connectivity index (χ0v) is 10.6. The Morgan fingerprint density at radius 2 is 1.81 bits per heavy atom. The molecule has 0 radical (unpaired) electrons. The normalized spacial score (nSPS) is 12.6. The number of anilines is 2. The van der Waals surface area contributed by atoms with Crippen LogP contribution in [0.2, 0.25) is 0 Å². The van der Waals surface area contributed by atoms with Gasteiger partial charge in [0.1, 0.15) is 5.82 Å². The molecule has 1 rings (SSSR count). The average Bonchev–Trinajstić information content (AvgIpc) is 2.09. The van der Waals surface area contributed by atoms with E-state index in [0.29, 0.717) is 5.69 Å². The third kappa shape index (κ3) is 2.64. The SMILES string of the molecule is Cc1nc(NC(C)(C)C(C)(C)O)ccc1N. The van der Waals surface area contributed by atoms with Gasteiger partial charge in [-0.2, -0.15) is 0 Å². The van der Waals surface area contributed by atoms with Crippen LogP contribution in [0.1, 0.15) is 33.4 Å². The van der Waals surface area contributed by atoms with Gasteiger partial charge >= 0.3 is 0 Å². The first-order chi connectivity index (χ1) is 7.13. The van der Waals surface area contributed by atoms with Crippen LogP contribution in [0.4, 0.5) is 11.5 Å². The van der Waals surface area contributed by atoms with Crippen LogP contribution >= 0.6 is 0 Å². The van der Waals surface area contributed by atoms with Crippen LogP contribution < -0.4 is 11.1 Å². The third-order valence-electron chi connectivity index (χ3n) is 3.10. The summed E-state index contributed by atoms with van der Waals surface area (Å²) in [6, 6.07) is 3.63. The lowest BCUT2D eigenvalue weighted by atomic mass is 9.86. The van der Waals surface area contributed by atoms with E-state index in [1.807, 2.05) is 32.9 Å². The molecule has 0 saturated heterocycles. The Hall–Kier alpha value is -1.29. The van der Waals surface area contributed by atoms with Crippen molar-refractivity contribution in [3.05, 3.63) is 17.8 Å². The molecular formula is C12H21N3O. The first-order valence-corrected chi connectivity index (χ1v) is 5.37. The second kappa shape index (κ2) is 3.94. The average molecular weight is 223 g/mol. The molecule has 0 saturated carbocycles. The van der Waals surface area contributed by atoms with Gasteiger partial charge in [-0.25, -0.2) is 4.98 Å². The van der Waals surface area contributed by atoms with Gasteiger partial charge in [-0.05, 0) is 46.8 Å². The zero-order valence-electron chi connectivity index (χ0n) is 10.6. The summed E-state index contributed by atoms with van der Waals surface area (Å²) in [5.74, 6) is 0.721. The quantitative estimate of drug-likeness (QED) is 0.732. The highest BCUT2D eigenvalue weighted by Gasteiger charge is 2.35. The molecule has 1 aromatic heterocycles. The van der Waals surface area contributed by atoms with Gasteiger partial charge in [0.25, 0.3) is 0 Å². The molecule has 90 valence electrons. The number of nitrogens with one attached hydrogen (secondary N) is 1. The molecular weight excluding hydrogens is 202 g/mol. The van der Waals surface area contributed by atoms with E-state index in [0.717, 1.165) is 11.5 Å². The Morgan fingerprint density at radius 3 is 2.25 bits per heavy atom. The van der Waals surface area contributed by atoms with E-state index in [1.54, 1.807) is 13.8 Å². The van der Waals surface area contributed by atoms with Crippen molar-refractivity contribution >= 4 is 11.5 Å². The number of nitrogens with zero attached hydrogens (tertiary/aromatic N) is 1. The van der Waals surface area contributed by atoms with Gasteiger partial charge in [0.2, 0.25) is 0 Å². The molecule has 4 heteroatoms. The summed E-state index contributed by atoms with van der Waals surface area (Å²) in [4.78, 5) is 4.32. The highest BCUT2D eigenvalue weighted by atomic mass is 16.3. The van der Waals surface area contributed by atoms with Crippen LogP contribution in [0.5, 0.6) is 0 Å². The number of aliphatic hydroxyl groups is 1. The number of hydrogen-bond donors (Lipinski definition) is 3. The van der Waals surface area contributed by atoms with E-state index in [2.05, 4.69) is 10.3 Å². The number of nitrogens with two attached hydrogens (primary N) is 1. The second-order valence-electron chi connectivity index (χ2n) is 5.18. The first-order valence-electron chi connectivity index (χ1n) is 5.37. The van der Waals surface area contributed by atoms with Gasteiger partial charge in [-0.3, -0.25) is 0 Å². The number of aryl methyl sites for hydroxylation is 1. The standard InChI is InChI=1S/C12H21N3O/c1-8-9(13)6-7-10(14-8)15-11(2,3)12(4,5)16/h6-7,16H,13H2,1-5H3,(H,14,15). The molecule has 0 aliphatic rings. The number of hydrogen-bond acceptors (Lipinski definition) is 4.